The molecular weight excluding hydrogens is 545 g/mol. The summed E-state index contributed by atoms with van der Waals surface area (Å²) in [6.07, 6.45) is 8.89. The molecule has 0 aliphatic carbocycles. The molecule has 0 bridgehead atoms. The van der Waals surface area contributed by atoms with Gasteiger partial charge in [0.2, 0.25) is 0 Å². The smallest absolute Gasteiger partial charge is 0.263 e. The van der Waals surface area contributed by atoms with E-state index < -0.39 is 0 Å². The number of nitrogens with one attached hydrogen (secondary N) is 2. The third-order valence-electron chi connectivity index (χ3n) is 5.42. The summed E-state index contributed by atoms with van der Waals surface area (Å²) in [5.41, 5.74) is 1.82. The Morgan fingerprint density at radius 3 is 1.51 bits per heavy atom. The van der Waals surface area contributed by atoms with E-state index in [2.05, 4.69) is 10.6 Å². The van der Waals surface area contributed by atoms with Crippen molar-refractivity contribution >= 4 is 80.6 Å². The number of carbonyl (C=O) groups is 2. The van der Waals surface area contributed by atoms with Crippen LogP contribution in [0.25, 0.3) is 12.2 Å². The van der Waals surface area contributed by atoms with Crippen molar-refractivity contribution in [1.82, 2.24) is 10.6 Å². The standard InChI is InChI=1S/C27H26N2O4S4/c30-24-22(36-26(34)28-24)16-18-8-6-10-20(14-18)32-12-4-2-1-3-5-13-33-21-11-7-9-19(15-21)17-23-25(31)29-27(35)37-23/h6-11,14-17H,1-5,12-13H2,(H,28,30,34)(H,29,31,35). The fraction of sp³-hybridized carbons (Fsp3) is 0.259. The summed E-state index contributed by atoms with van der Waals surface area (Å²) in [4.78, 5) is 24.9. The zero-order valence-electron chi connectivity index (χ0n) is 20.0. The first-order valence-electron chi connectivity index (χ1n) is 11.9. The lowest BCUT2D eigenvalue weighted by Crippen LogP contribution is -2.17. The SMILES string of the molecule is O=C1NC(=S)SC1=Cc1cccc(OCCCCCCCOc2cccc(C=C3SC(=S)NC3=O)c2)c1. The lowest BCUT2D eigenvalue weighted by Gasteiger charge is -2.08. The highest BCUT2D eigenvalue weighted by molar-refractivity contribution is 8.27. The van der Waals surface area contributed by atoms with E-state index in [-0.39, 0.29) is 11.8 Å². The summed E-state index contributed by atoms with van der Waals surface area (Å²) in [6.45, 7) is 1.30. The van der Waals surface area contributed by atoms with Gasteiger partial charge >= 0.3 is 0 Å². The highest BCUT2D eigenvalue weighted by atomic mass is 32.2. The Balaban J connectivity index is 1.09. The van der Waals surface area contributed by atoms with Crippen molar-refractivity contribution in [3.63, 3.8) is 0 Å². The Morgan fingerprint density at radius 1 is 0.676 bits per heavy atom. The Bertz CT molecular complexity index is 1160. The van der Waals surface area contributed by atoms with Gasteiger partial charge in [-0.05, 0) is 60.4 Å². The molecule has 0 atom stereocenters. The van der Waals surface area contributed by atoms with Gasteiger partial charge in [0.05, 0.1) is 23.0 Å². The highest BCUT2D eigenvalue weighted by Gasteiger charge is 2.22. The Labute approximate surface area is 235 Å². The predicted molar refractivity (Wildman–Crippen MR) is 160 cm³/mol. The van der Waals surface area contributed by atoms with E-state index in [4.69, 9.17) is 33.9 Å². The van der Waals surface area contributed by atoms with Crippen molar-refractivity contribution in [2.45, 2.75) is 32.1 Å². The van der Waals surface area contributed by atoms with Gasteiger partial charge in [-0.15, -0.1) is 0 Å². The topological polar surface area (TPSA) is 76.7 Å². The van der Waals surface area contributed by atoms with E-state index in [1.54, 1.807) is 0 Å². The van der Waals surface area contributed by atoms with Crippen LogP contribution in [-0.2, 0) is 9.59 Å². The molecule has 6 nitrogen and oxygen atoms in total. The minimum atomic E-state index is -0.155. The minimum absolute atomic E-state index is 0.155. The second-order valence-electron chi connectivity index (χ2n) is 8.31. The first-order valence-corrected chi connectivity index (χ1v) is 14.4. The van der Waals surface area contributed by atoms with Crippen molar-refractivity contribution in [1.29, 1.82) is 0 Å². The number of hydrogen-bond donors (Lipinski definition) is 2. The van der Waals surface area contributed by atoms with E-state index in [1.807, 2.05) is 60.7 Å². The minimum Gasteiger partial charge on any atom is -0.494 e. The highest BCUT2D eigenvalue weighted by Crippen LogP contribution is 2.28. The molecule has 10 heteroatoms. The number of thioether (sulfide) groups is 2. The number of benzene rings is 2. The quantitative estimate of drug-likeness (QED) is 0.181. The number of rotatable bonds is 12. The summed E-state index contributed by atoms with van der Waals surface area (Å²) in [5.74, 6) is 1.28. The summed E-state index contributed by atoms with van der Waals surface area (Å²) in [5, 5.41) is 5.25. The van der Waals surface area contributed by atoms with Gasteiger partial charge in [-0.3, -0.25) is 9.59 Å². The molecule has 2 fully saturated rings. The number of unbranched alkanes of at least 4 members (excludes halogenated alkanes) is 4. The monoisotopic (exact) mass is 570 g/mol. The second-order valence-corrected chi connectivity index (χ2v) is 11.8. The summed E-state index contributed by atoms with van der Waals surface area (Å²) in [6, 6.07) is 15.4. The van der Waals surface area contributed by atoms with Crippen LogP contribution in [0.3, 0.4) is 0 Å². The molecule has 2 heterocycles. The molecule has 2 aliphatic heterocycles. The first kappa shape index (κ1) is 27.4. The average molecular weight is 571 g/mol. The third-order valence-corrected chi connectivity index (χ3v) is 7.75. The number of amides is 2. The molecule has 2 aromatic carbocycles. The molecule has 2 aliphatic rings. The van der Waals surface area contributed by atoms with Crippen molar-refractivity contribution in [2.24, 2.45) is 0 Å². The lowest BCUT2D eigenvalue weighted by atomic mass is 10.1. The fourth-order valence-corrected chi connectivity index (χ4v) is 5.74. The van der Waals surface area contributed by atoms with Crippen molar-refractivity contribution in [3.05, 3.63) is 69.5 Å². The summed E-state index contributed by atoms with van der Waals surface area (Å²) in [7, 11) is 0. The Morgan fingerprint density at radius 2 is 1.11 bits per heavy atom. The number of ether oxygens (including phenoxy) is 2. The van der Waals surface area contributed by atoms with Crippen LogP contribution in [0.1, 0.15) is 43.2 Å². The lowest BCUT2D eigenvalue weighted by molar-refractivity contribution is -0.116. The molecule has 2 amide bonds. The number of hydrogen-bond acceptors (Lipinski definition) is 8. The van der Waals surface area contributed by atoms with Crippen LogP contribution in [0.4, 0.5) is 0 Å². The first-order chi connectivity index (χ1) is 18.0. The summed E-state index contributed by atoms with van der Waals surface area (Å²) >= 11 is 12.6. The van der Waals surface area contributed by atoms with Gasteiger partial charge in [0, 0.05) is 0 Å². The van der Waals surface area contributed by atoms with Gasteiger partial charge in [0.15, 0.2) is 0 Å². The third kappa shape index (κ3) is 8.70. The van der Waals surface area contributed by atoms with Crippen LogP contribution in [0.5, 0.6) is 11.5 Å². The van der Waals surface area contributed by atoms with Gasteiger partial charge in [-0.25, -0.2) is 0 Å². The molecule has 37 heavy (non-hydrogen) atoms. The van der Waals surface area contributed by atoms with Gasteiger partial charge in [-0.1, -0.05) is 91.5 Å². The largest absolute Gasteiger partial charge is 0.494 e. The van der Waals surface area contributed by atoms with Gasteiger partial charge in [-0.2, -0.15) is 0 Å². The Hall–Kier alpha value is -2.66. The maximum atomic E-state index is 11.8. The molecule has 0 aromatic heterocycles. The second kappa shape index (κ2) is 13.8. The van der Waals surface area contributed by atoms with E-state index in [0.29, 0.717) is 31.7 Å². The van der Waals surface area contributed by atoms with Crippen molar-refractivity contribution < 1.29 is 19.1 Å². The molecule has 0 unspecified atom stereocenters. The zero-order valence-corrected chi connectivity index (χ0v) is 23.3. The molecule has 0 spiro atoms. The van der Waals surface area contributed by atoms with Crippen LogP contribution in [0.2, 0.25) is 0 Å². The van der Waals surface area contributed by atoms with Gasteiger partial charge in [0.1, 0.15) is 20.1 Å². The molecule has 192 valence electrons. The van der Waals surface area contributed by atoms with E-state index in [1.165, 1.54) is 23.5 Å². The van der Waals surface area contributed by atoms with E-state index in [9.17, 15) is 9.59 Å². The molecule has 0 radical (unpaired) electrons. The maximum absolute atomic E-state index is 11.8. The number of thiocarbonyl (C=S) groups is 2. The average Bonchev–Trinajstić information content (AvgIpc) is 3.36. The summed E-state index contributed by atoms with van der Waals surface area (Å²) < 4.78 is 12.8. The molecule has 2 aromatic rings. The van der Waals surface area contributed by atoms with E-state index in [0.717, 1.165) is 54.7 Å². The molecule has 2 N–H and O–H groups in total. The fourth-order valence-electron chi connectivity index (χ4n) is 3.65. The number of carbonyl (C=O) groups excluding carboxylic acids is 2. The van der Waals surface area contributed by atoms with E-state index >= 15 is 0 Å². The van der Waals surface area contributed by atoms with Crippen molar-refractivity contribution in [2.75, 3.05) is 13.2 Å². The van der Waals surface area contributed by atoms with Crippen molar-refractivity contribution in [3.8, 4) is 11.5 Å². The van der Waals surface area contributed by atoms with Crippen LogP contribution in [0, 0.1) is 0 Å². The van der Waals surface area contributed by atoms with Crippen LogP contribution in [0.15, 0.2) is 58.3 Å². The van der Waals surface area contributed by atoms with Gasteiger partial charge in [0.25, 0.3) is 11.8 Å². The normalized spacial score (nSPS) is 17.4. The molecule has 2 saturated heterocycles. The maximum Gasteiger partial charge on any atom is 0.263 e. The van der Waals surface area contributed by atoms with Crippen LogP contribution >= 0.6 is 48.0 Å². The van der Waals surface area contributed by atoms with Crippen LogP contribution in [-0.4, -0.2) is 33.7 Å². The zero-order chi connectivity index (χ0) is 26.0. The Kier molecular flexibility index (Phi) is 10.2. The molecular formula is C27H26N2O4S4. The predicted octanol–water partition coefficient (Wildman–Crippen LogP) is 6.07. The molecule has 0 saturated carbocycles. The molecule has 4 rings (SSSR count). The van der Waals surface area contributed by atoms with Gasteiger partial charge < -0.3 is 20.1 Å². The van der Waals surface area contributed by atoms with Crippen LogP contribution < -0.4 is 20.1 Å².